The fourth-order valence-electron chi connectivity index (χ4n) is 5.00. The van der Waals surface area contributed by atoms with Crippen LogP contribution in [-0.2, 0) is 11.3 Å². The van der Waals surface area contributed by atoms with Gasteiger partial charge in [0.05, 0.1) is 32.5 Å². The van der Waals surface area contributed by atoms with E-state index in [0.29, 0.717) is 24.5 Å². The Balaban J connectivity index is 1.43. The predicted octanol–water partition coefficient (Wildman–Crippen LogP) is 6.54. The van der Waals surface area contributed by atoms with Gasteiger partial charge in [-0.3, -0.25) is 4.79 Å². The van der Waals surface area contributed by atoms with Crippen LogP contribution in [0.4, 0.5) is 10.5 Å². The molecule has 1 unspecified atom stereocenters. The lowest BCUT2D eigenvalue weighted by atomic mass is 10.0. The molecule has 4 aromatic carbocycles. The van der Waals surface area contributed by atoms with Crippen molar-refractivity contribution in [2.24, 2.45) is 0 Å². The quantitative estimate of drug-likeness (QED) is 0.267. The van der Waals surface area contributed by atoms with Gasteiger partial charge in [0, 0.05) is 17.7 Å². The van der Waals surface area contributed by atoms with Crippen molar-refractivity contribution in [2.75, 3.05) is 32.6 Å². The molecule has 4 aromatic rings. The molecule has 7 nitrogen and oxygen atoms in total. The van der Waals surface area contributed by atoms with E-state index in [4.69, 9.17) is 9.47 Å². The summed E-state index contributed by atoms with van der Waals surface area (Å²) in [5, 5.41) is 3.03. The number of ether oxygens (including phenoxy) is 2. The Hall–Kier alpha value is -5.04. The summed E-state index contributed by atoms with van der Waals surface area (Å²) in [6.07, 6.45) is 3.92. The van der Waals surface area contributed by atoms with Crippen LogP contribution in [0.2, 0.25) is 0 Å². The van der Waals surface area contributed by atoms with Gasteiger partial charge in [-0.25, -0.2) is 4.79 Å². The third kappa shape index (κ3) is 6.41. The molecule has 1 aliphatic rings. The summed E-state index contributed by atoms with van der Waals surface area (Å²) < 4.78 is 10.9. The van der Waals surface area contributed by atoms with E-state index in [1.807, 2.05) is 115 Å². The molecular formula is C34H33N3O4. The standard InChI is InChI=1S/C34H33N3O4/c1-40-28-20-18-26(19-21-28)31-16-10-22-36(24-33(38)37(31)23-27-13-6-9-17-32(27)41-2)34(39)35-30-15-8-7-14-29(30)25-11-4-3-5-12-25/h3-21,31H,22-24H2,1-2H3,(H,35,39)/b16-10-. The number of para-hydroxylation sites is 2. The first kappa shape index (κ1) is 27.5. The van der Waals surface area contributed by atoms with Gasteiger partial charge in [0.2, 0.25) is 5.91 Å². The van der Waals surface area contributed by atoms with Crippen LogP contribution in [0.25, 0.3) is 11.1 Å². The summed E-state index contributed by atoms with van der Waals surface area (Å²) in [6, 6.07) is 32.2. The number of rotatable bonds is 7. The van der Waals surface area contributed by atoms with Crippen LogP contribution in [0.3, 0.4) is 0 Å². The number of methoxy groups -OCH3 is 2. The van der Waals surface area contributed by atoms with Crippen molar-refractivity contribution in [3.8, 4) is 22.6 Å². The Morgan fingerprint density at radius 3 is 2.32 bits per heavy atom. The fourth-order valence-corrected chi connectivity index (χ4v) is 5.00. The highest BCUT2D eigenvalue weighted by Gasteiger charge is 2.29. The third-order valence-electron chi connectivity index (χ3n) is 7.16. The first-order valence-electron chi connectivity index (χ1n) is 13.5. The average Bonchev–Trinajstić information content (AvgIpc) is 3.01. The number of benzene rings is 4. The Labute approximate surface area is 240 Å². The van der Waals surface area contributed by atoms with E-state index in [0.717, 1.165) is 28.0 Å². The largest absolute Gasteiger partial charge is 0.497 e. The van der Waals surface area contributed by atoms with Gasteiger partial charge in [0.1, 0.15) is 18.0 Å². The Morgan fingerprint density at radius 1 is 0.854 bits per heavy atom. The highest BCUT2D eigenvalue weighted by atomic mass is 16.5. The van der Waals surface area contributed by atoms with E-state index in [1.54, 1.807) is 19.1 Å². The number of carbonyl (C=O) groups excluding carboxylic acids is 2. The number of hydrogen-bond acceptors (Lipinski definition) is 4. The number of carbonyl (C=O) groups is 2. The van der Waals surface area contributed by atoms with E-state index in [9.17, 15) is 9.59 Å². The SMILES string of the molecule is COc1ccc(C2/C=C\CN(C(=O)Nc3ccccc3-c3ccccc3)CC(=O)N2Cc2ccccc2OC)cc1. The van der Waals surface area contributed by atoms with Crippen LogP contribution in [0, 0.1) is 0 Å². The molecule has 0 fully saturated rings. The van der Waals surface area contributed by atoms with E-state index >= 15 is 0 Å². The van der Waals surface area contributed by atoms with Gasteiger partial charge in [0.25, 0.3) is 0 Å². The number of hydrogen-bond donors (Lipinski definition) is 1. The van der Waals surface area contributed by atoms with Gasteiger partial charge in [-0.15, -0.1) is 0 Å². The monoisotopic (exact) mass is 547 g/mol. The van der Waals surface area contributed by atoms with Crippen molar-refractivity contribution in [3.05, 3.63) is 126 Å². The fraction of sp³-hybridized carbons (Fsp3) is 0.176. The Bertz CT molecular complexity index is 1520. The maximum absolute atomic E-state index is 13.9. The molecule has 208 valence electrons. The first-order valence-corrected chi connectivity index (χ1v) is 13.5. The molecule has 3 amide bonds. The minimum absolute atomic E-state index is 0.0779. The van der Waals surface area contributed by atoms with E-state index in [2.05, 4.69) is 5.32 Å². The van der Waals surface area contributed by atoms with Crippen molar-refractivity contribution in [1.82, 2.24) is 9.80 Å². The molecule has 1 atom stereocenters. The number of nitrogens with one attached hydrogen (secondary N) is 1. The van der Waals surface area contributed by atoms with Gasteiger partial charge < -0.3 is 24.6 Å². The maximum atomic E-state index is 13.9. The zero-order valence-electron chi connectivity index (χ0n) is 23.2. The summed E-state index contributed by atoms with van der Waals surface area (Å²) in [6.45, 7) is 0.530. The lowest BCUT2D eigenvalue weighted by Crippen LogP contribution is -2.46. The Kier molecular flexibility index (Phi) is 8.64. The third-order valence-corrected chi connectivity index (χ3v) is 7.16. The summed E-state index contributed by atoms with van der Waals surface area (Å²) >= 11 is 0. The smallest absolute Gasteiger partial charge is 0.322 e. The first-order chi connectivity index (χ1) is 20.1. The van der Waals surface area contributed by atoms with Crippen molar-refractivity contribution in [1.29, 1.82) is 0 Å². The molecule has 41 heavy (non-hydrogen) atoms. The van der Waals surface area contributed by atoms with Crippen molar-refractivity contribution >= 4 is 17.6 Å². The van der Waals surface area contributed by atoms with Gasteiger partial charge in [-0.05, 0) is 35.4 Å². The predicted molar refractivity (Wildman–Crippen MR) is 161 cm³/mol. The molecule has 0 bridgehead atoms. The van der Waals surface area contributed by atoms with Gasteiger partial charge in [-0.2, -0.15) is 0 Å². The molecule has 0 aliphatic carbocycles. The Morgan fingerprint density at radius 2 is 1.56 bits per heavy atom. The maximum Gasteiger partial charge on any atom is 0.322 e. The molecule has 0 aromatic heterocycles. The van der Waals surface area contributed by atoms with Crippen LogP contribution in [-0.4, -0.2) is 49.0 Å². The lowest BCUT2D eigenvalue weighted by Gasteiger charge is -2.35. The summed E-state index contributed by atoms with van der Waals surface area (Å²) in [5.41, 5.74) is 4.41. The summed E-state index contributed by atoms with van der Waals surface area (Å²) in [7, 11) is 3.24. The molecule has 0 saturated carbocycles. The highest BCUT2D eigenvalue weighted by Crippen LogP contribution is 2.31. The second-order valence-corrected chi connectivity index (χ2v) is 9.70. The number of nitrogens with zero attached hydrogens (tertiary/aromatic N) is 2. The number of anilines is 1. The molecule has 0 saturated heterocycles. The lowest BCUT2D eigenvalue weighted by molar-refractivity contribution is -0.134. The van der Waals surface area contributed by atoms with Crippen molar-refractivity contribution < 1.29 is 19.1 Å². The van der Waals surface area contributed by atoms with E-state index < -0.39 is 0 Å². The molecule has 7 heteroatoms. The molecule has 5 rings (SSSR count). The minimum Gasteiger partial charge on any atom is -0.497 e. The molecule has 1 heterocycles. The number of urea groups is 1. The molecule has 1 N–H and O–H groups in total. The van der Waals surface area contributed by atoms with E-state index in [-0.39, 0.29) is 24.5 Å². The summed E-state index contributed by atoms with van der Waals surface area (Å²) in [4.78, 5) is 30.8. The van der Waals surface area contributed by atoms with Crippen LogP contribution >= 0.6 is 0 Å². The molecule has 1 aliphatic heterocycles. The summed E-state index contributed by atoms with van der Waals surface area (Å²) in [5.74, 6) is 1.27. The average molecular weight is 548 g/mol. The molecular weight excluding hydrogens is 514 g/mol. The van der Waals surface area contributed by atoms with Crippen LogP contribution in [0.1, 0.15) is 17.2 Å². The second-order valence-electron chi connectivity index (χ2n) is 9.70. The van der Waals surface area contributed by atoms with Crippen LogP contribution in [0.15, 0.2) is 115 Å². The topological polar surface area (TPSA) is 71.1 Å². The molecule has 0 spiro atoms. The second kappa shape index (κ2) is 12.9. The normalized spacial score (nSPS) is 16.0. The van der Waals surface area contributed by atoms with Gasteiger partial charge in [0.15, 0.2) is 0 Å². The van der Waals surface area contributed by atoms with Crippen molar-refractivity contribution in [3.63, 3.8) is 0 Å². The zero-order valence-corrected chi connectivity index (χ0v) is 23.2. The molecule has 0 radical (unpaired) electrons. The van der Waals surface area contributed by atoms with Crippen LogP contribution in [0.5, 0.6) is 11.5 Å². The van der Waals surface area contributed by atoms with Gasteiger partial charge in [-0.1, -0.05) is 91.0 Å². The van der Waals surface area contributed by atoms with E-state index in [1.165, 1.54) is 4.90 Å². The number of amides is 3. The minimum atomic E-state index is -0.341. The van der Waals surface area contributed by atoms with Gasteiger partial charge >= 0.3 is 6.03 Å². The van der Waals surface area contributed by atoms with Crippen molar-refractivity contribution in [2.45, 2.75) is 12.6 Å². The zero-order chi connectivity index (χ0) is 28.6. The van der Waals surface area contributed by atoms with Crippen LogP contribution < -0.4 is 14.8 Å². The highest BCUT2D eigenvalue weighted by molar-refractivity contribution is 5.96.